The van der Waals surface area contributed by atoms with Crippen LogP contribution >= 0.6 is 14.7 Å². The third kappa shape index (κ3) is 8.92. The van der Waals surface area contributed by atoms with Crippen LogP contribution in [0, 0.1) is 12.8 Å². The van der Waals surface area contributed by atoms with Gasteiger partial charge in [0.1, 0.15) is 30.5 Å². The molecule has 2 saturated heterocycles. The number of fused-ring (bicyclic) bond motifs is 2. The Morgan fingerprint density at radius 2 is 1.67 bits per heavy atom. The zero-order valence-electron chi connectivity index (χ0n) is 34.2. The average Bonchev–Trinajstić information content (AvgIpc) is 3.95. The Balaban J connectivity index is 1.18. The molecule has 2 aliphatic rings. The van der Waals surface area contributed by atoms with E-state index in [9.17, 15) is 24.2 Å². The molecule has 2 fully saturated rings. The van der Waals surface area contributed by atoms with Crippen molar-refractivity contribution in [3.8, 4) is 0 Å². The number of aromatic amines is 1. The minimum Gasteiger partial charge on any atom is -0.406 e. The van der Waals surface area contributed by atoms with E-state index in [4.69, 9.17) is 39.3 Å². The maximum atomic E-state index is 13.1. The summed E-state index contributed by atoms with van der Waals surface area (Å²) in [7, 11) is -5.82. The van der Waals surface area contributed by atoms with E-state index in [1.807, 2.05) is 20.0 Å². The lowest BCUT2D eigenvalue weighted by atomic mass is 10.0. The van der Waals surface area contributed by atoms with E-state index in [1.165, 1.54) is 19.0 Å². The second kappa shape index (κ2) is 17.2. The molecular weight excluding hydrogens is 857 g/mol. The molecule has 0 bridgehead atoms. The molecule has 4 unspecified atom stereocenters. The fourth-order valence-corrected chi connectivity index (χ4v) is 10.4. The first-order chi connectivity index (χ1) is 28.3. The fraction of sp³-hybridized carbons (Fsp3) is 0.528. The Morgan fingerprint density at radius 1 is 1.02 bits per heavy atom. The van der Waals surface area contributed by atoms with Gasteiger partial charge >= 0.3 is 8.25 Å². The topological polar surface area (TPSA) is 249 Å². The van der Waals surface area contributed by atoms with E-state index >= 15 is 0 Å². The monoisotopic (exact) mass is 904 g/mol. The van der Waals surface area contributed by atoms with Crippen LogP contribution in [0.3, 0.4) is 0 Å². The van der Waals surface area contributed by atoms with Crippen LogP contribution in [0.15, 0.2) is 54.1 Å². The highest BCUT2D eigenvalue weighted by atomic mass is 32.5. The van der Waals surface area contributed by atoms with Crippen LogP contribution in [0.5, 0.6) is 0 Å². The number of benzene rings is 1. The van der Waals surface area contributed by atoms with Gasteiger partial charge < -0.3 is 38.4 Å². The van der Waals surface area contributed by atoms with E-state index in [0.717, 1.165) is 0 Å². The van der Waals surface area contributed by atoms with Gasteiger partial charge in [-0.2, -0.15) is 0 Å². The number of carbonyl (C=O) groups excluding carboxylic acids is 1. The molecule has 322 valence electrons. The number of imidazole rings is 2. The Kier molecular flexibility index (Phi) is 12.7. The number of nitrogens with zero attached hydrogens (tertiary/aromatic N) is 7. The van der Waals surface area contributed by atoms with Crippen molar-refractivity contribution in [2.45, 2.75) is 95.7 Å². The molecule has 5 aromatic rings. The van der Waals surface area contributed by atoms with Gasteiger partial charge in [0.15, 0.2) is 61.5 Å². The first-order valence-electron chi connectivity index (χ1n) is 19.1. The van der Waals surface area contributed by atoms with Gasteiger partial charge in [-0.25, -0.2) is 24.9 Å². The minimum atomic E-state index is -3.23. The molecular formula is C36H48N9O11P2SSi+. The molecule has 2 aliphatic heterocycles. The Hall–Kier alpha value is -3.76. The summed E-state index contributed by atoms with van der Waals surface area (Å²) in [5.74, 6) is -0.252. The molecule has 1 amide bonds. The third-order valence-electron chi connectivity index (χ3n) is 11.1. The van der Waals surface area contributed by atoms with Gasteiger partial charge in [0, 0.05) is 22.7 Å². The number of anilines is 1. The molecule has 0 radical (unpaired) electrons. The van der Waals surface area contributed by atoms with Crippen LogP contribution < -0.4 is 10.9 Å². The van der Waals surface area contributed by atoms with Crippen molar-refractivity contribution in [1.82, 2.24) is 39.0 Å². The largest absolute Gasteiger partial charge is 0.695 e. The maximum Gasteiger partial charge on any atom is 0.695 e. The molecule has 6 heterocycles. The predicted molar refractivity (Wildman–Crippen MR) is 224 cm³/mol. The molecule has 0 spiro atoms. The second-order valence-corrected chi connectivity index (χ2v) is 25.7. The highest BCUT2D eigenvalue weighted by Gasteiger charge is 2.55. The minimum absolute atomic E-state index is 0.108. The summed E-state index contributed by atoms with van der Waals surface area (Å²) in [6.07, 6.45) is -2.33. The Labute approximate surface area is 351 Å². The van der Waals surface area contributed by atoms with Crippen LogP contribution in [0.1, 0.15) is 56.3 Å². The van der Waals surface area contributed by atoms with Crippen LogP contribution in [-0.2, 0) is 43.8 Å². The number of aliphatic hydroxyl groups excluding tert-OH is 1. The first kappa shape index (κ1) is 44.3. The summed E-state index contributed by atoms with van der Waals surface area (Å²) < 4.78 is 54.1. The number of rotatable bonds is 14. The number of aromatic nitrogens is 8. The highest BCUT2D eigenvalue weighted by molar-refractivity contribution is 8.09. The quantitative estimate of drug-likeness (QED) is 0.0870. The van der Waals surface area contributed by atoms with Crippen molar-refractivity contribution in [3.63, 3.8) is 0 Å². The van der Waals surface area contributed by atoms with Crippen LogP contribution in [0.25, 0.3) is 22.3 Å². The average molecular weight is 905 g/mol. The van der Waals surface area contributed by atoms with Gasteiger partial charge in [-0.15, -0.1) is 9.42 Å². The summed E-state index contributed by atoms with van der Waals surface area (Å²) in [5, 5.41) is 12.7. The summed E-state index contributed by atoms with van der Waals surface area (Å²) in [4.78, 5) is 60.6. The SMILES string of the molecule is Cc1nc2c(ncn2[C@@H]2O[C@H](CO)[C@H](C)C2OP(C)(=S)OC[C@H]2O[C@@H](n3cnc4c(NC(=O)c5ccccc5)ncnc43)C(O[Si](C)(C)C(C)(C)C)[C@H]2O[P+](=O)O)c(=O)[nH]1. The van der Waals surface area contributed by atoms with Gasteiger partial charge in [0.05, 0.1) is 32.0 Å². The number of H-pyrrole nitrogens is 1. The lowest BCUT2D eigenvalue weighted by Gasteiger charge is -2.40. The van der Waals surface area contributed by atoms with Gasteiger partial charge in [0.2, 0.25) is 0 Å². The summed E-state index contributed by atoms with van der Waals surface area (Å²) in [6, 6.07) is 8.65. The van der Waals surface area contributed by atoms with E-state index < -0.39 is 83.4 Å². The van der Waals surface area contributed by atoms with Gasteiger partial charge in [-0.05, 0) is 49.0 Å². The highest BCUT2D eigenvalue weighted by Crippen LogP contribution is 2.53. The molecule has 4 aromatic heterocycles. The Morgan fingerprint density at radius 3 is 2.33 bits per heavy atom. The number of amides is 1. The van der Waals surface area contributed by atoms with Crippen molar-refractivity contribution in [2.75, 3.05) is 25.2 Å². The zero-order valence-corrected chi connectivity index (χ0v) is 37.8. The number of aryl methyl sites for hydroxylation is 1. The van der Waals surface area contributed by atoms with E-state index in [0.29, 0.717) is 17.0 Å². The third-order valence-corrected chi connectivity index (χ3v) is 17.8. The van der Waals surface area contributed by atoms with Gasteiger partial charge in [-0.3, -0.25) is 18.7 Å². The lowest BCUT2D eigenvalue weighted by molar-refractivity contribution is -0.0521. The molecule has 20 nitrogen and oxygen atoms in total. The number of aliphatic hydroxyl groups is 1. The molecule has 0 aliphatic carbocycles. The van der Waals surface area contributed by atoms with Crippen molar-refractivity contribution >= 4 is 68.9 Å². The van der Waals surface area contributed by atoms with Crippen molar-refractivity contribution in [1.29, 1.82) is 0 Å². The smallest absolute Gasteiger partial charge is 0.406 e. The Bertz CT molecular complexity index is 2500. The number of hydrogen-bond acceptors (Lipinski definition) is 16. The van der Waals surface area contributed by atoms with Crippen molar-refractivity contribution < 1.29 is 46.8 Å². The lowest BCUT2D eigenvalue weighted by Crippen LogP contribution is -2.49. The fourth-order valence-electron chi connectivity index (χ4n) is 6.95. The molecule has 4 N–H and O–H groups in total. The number of ether oxygens (including phenoxy) is 2. The number of nitrogens with one attached hydrogen (secondary N) is 2. The van der Waals surface area contributed by atoms with Gasteiger partial charge in [0.25, 0.3) is 11.5 Å². The molecule has 60 heavy (non-hydrogen) atoms. The van der Waals surface area contributed by atoms with Crippen LogP contribution in [0.2, 0.25) is 18.1 Å². The van der Waals surface area contributed by atoms with E-state index in [1.54, 1.807) is 53.1 Å². The normalized spacial score (nSPS) is 26.1. The predicted octanol–water partition coefficient (Wildman–Crippen LogP) is 4.71. The van der Waals surface area contributed by atoms with Gasteiger partial charge in [-0.1, -0.05) is 45.9 Å². The molecule has 1 aromatic carbocycles. The summed E-state index contributed by atoms with van der Waals surface area (Å²) in [5.41, 5.74) is 0.939. The molecule has 0 saturated carbocycles. The summed E-state index contributed by atoms with van der Waals surface area (Å²) >= 11 is 5.97. The number of hydrogen-bond donors (Lipinski definition) is 4. The standard InChI is InChI=1S/C36H47N9O11P2SSi/c1-19-22(14-46)52-34(45-18-40-25-31(45)41-20(2)42-33(25)48)26(19)55-58(6,59)51-15-23-27(54-57(49)50)28(56-60(7,8)36(3,4)5)35(53-23)44-17-39-24-29(37-16-38-30(24)44)43-32(47)21-12-10-9-11-13-21/h9-13,16-19,22-23,26-28,34-35,46H,14-15H2,1-8H3,(H2-,37,38,41,42,43,47,48,49,50)/p+1/t19-,22+,23+,26?,27-,28?,34+,35+,58?/m0/s1. The zero-order chi connectivity index (χ0) is 43.3. The summed E-state index contributed by atoms with van der Waals surface area (Å²) in [6.45, 7) is 11.6. The number of carbonyl (C=O) groups is 1. The van der Waals surface area contributed by atoms with Crippen molar-refractivity contribution in [2.24, 2.45) is 5.92 Å². The van der Waals surface area contributed by atoms with E-state index in [2.05, 4.69) is 56.0 Å². The molecule has 24 heteroatoms. The first-order valence-corrected chi connectivity index (χ1v) is 26.2. The second-order valence-electron chi connectivity index (χ2n) is 16.3. The van der Waals surface area contributed by atoms with Crippen molar-refractivity contribution in [3.05, 3.63) is 71.1 Å². The van der Waals surface area contributed by atoms with Crippen LogP contribution in [0.4, 0.5) is 5.82 Å². The van der Waals surface area contributed by atoms with E-state index in [-0.39, 0.29) is 40.8 Å². The van der Waals surface area contributed by atoms with Crippen LogP contribution in [-0.4, -0.2) is 114 Å². The molecule has 10 atom stereocenters. The maximum absolute atomic E-state index is 13.1. The molecule has 7 rings (SSSR count).